The minimum absolute atomic E-state index is 0.0346. The minimum Gasteiger partial charge on any atom is -0.384 e. The molecule has 162 valence electrons. The normalized spacial score (nSPS) is 17.6. The predicted octanol–water partition coefficient (Wildman–Crippen LogP) is -0.146. The average molecular weight is 442 g/mol. The standard InChI is InChI=1S/C20H23N7O3S/c21-17(22)11-2-1-3-12(8-11)20(7-6-15(28)27-20)19(30)26-10-16(29)25-9-13-4-5-14(31-13)18(23)24/h1-5,8H,6-7,9-10H2,(H3,21,22)(H3,23,24)(H,25,29)(H,26,30)(H,27,28)/t20-/m0/s1. The Morgan fingerprint density at radius 3 is 2.52 bits per heavy atom. The maximum Gasteiger partial charge on any atom is 0.250 e. The summed E-state index contributed by atoms with van der Waals surface area (Å²) >= 11 is 1.30. The van der Waals surface area contributed by atoms with Crippen LogP contribution in [0.1, 0.15) is 33.7 Å². The van der Waals surface area contributed by atoms with Gasteiger partial charge in [0.1, 0.15) is 17.2 Å². The van der Waals surface area contributed by atoms with E-state index in [-0.39, 0.29) is 43.5 Å². The zero-order valence-corrected chi connectivity index (χ0v) is 17.4. The van der Waals surface area contributed by atoms with Crippen LogP contribution < -0.4 is 27.4 Å². The van der Waals surface area contributed by atoms with Crippen LogP contribution in [-0.2, 0) is 26.5 Å². The van der Waals surface area contributed by atoms with Gasteiger partial charge in [-0.05, 0) is 30.2 Å². The first-order valence-electron chi connectivity index (χ1n) is 9.45. The Morgan fingerprint density at radius 1 is 1.13 bits per heavy atom. The molecule has 3 amide bonds. The van der Waals surface area contributed by atoms with Gasteiger partial charge in [-0.1, -0.05) is 18.2 Å². The molecule has 1 aromatic carbocycles. The Hall–Kier alpha value is -3.73. The van der Waals surface area contributed by atoms with E-state index in [0.717, 1.165) is 4.88 Å². The third-order valence-corrected chi connectivity index (χ3v) is 6.05. The summed E-state index contributed by atoms with van der Waals surface area (Å²) in [7, 11) is 0. The number of thiophene rings is 1. The van der Waals surface area contributed by atoms with Crippen molar-refractivity contribution < 1.29 is 14.4 Å². The Balaban J connectivity index is 1.65. The molecule has 0 spiro atoms. The highest BCUT2D eigenvalue weighted by Crippen LogP contribution is 2.32. The number of nitrogens with one attached hydrogen (secondary N) is 5. The summed E-state index contributed by atoms with van der Waals surface area (Å²) < 4.78 is 0. The van der Waals surface area contributed by atoms with Crippen LogP contribution in [-0.4, -0.2) is 35.9 Å². The van der Waals surface area contributed by atoms with Gasteiger partial charge in [-0.25, -0.2) is 0 Å². The molecule has 1 saturated heterocycles. The van der Waals surface area contributed by atoms with E-state index in [2.05, 4.69) is 16.0 Å². The van der Waals surface area contributed by atoms with Gasteiger partial charge >= 0.3 is 0 Å². The lowest BCUT2D eigenvalue weighted by atomic mass is 9.86. The fraction of sp³-hybridized carbons (Fsp3) is 0.250. The van der Waals surface area contributed by atoms with Crippen molar-refractivity contribution in [1.82, 2.24) is 16.0 Å². The number of benzene rings is 1. The highest BCUT2D eigenvalue weighted by Gasteiger charge is 2.46. The van der Waals surface area contributed by atoms with Gasteiger partial charge in [-0.15, -0.1) is 11.3 Å². The van der Waals surface area contributed by atoms with Crippen molar-refractivity contribution in [2.75, 3.05) is 6.54 Å². The molecule has 1 aliphatic rings. The van der Waals surface area contributed by atoms with Crippen LogP contribution in [0.2, 0.25) is 0 Å². The second kappa shape index (κ2) is 8.96. The molecule has 1 aliphatic heterocycles. The van der Waals surface area contributed by atoms with E-state index in [0.29, 0.717) is 16.0 Å². The van der Waals surface area contributed by atoms with Crippen LogP contribution in [0.25, 0.3) is 0 Å². The Kier molecular flexibility index (Phi) is 6.35. The average Bonchev–Trinajstić information content (AvgIpc) is 3.38. The second-order valence-corrected chi connectivity index (χ2v) is 8.26. The molecule has 0 aliphatic carbocycles. The maximum absolute atomic E-state index is 13.0. The van der Waals surface area contributed by atoms with Crippen LogP contribution >= 0.6 is 11.3 Å². The van der Waals surface area contributed by atoms with E-state index < -0.39 is 17.4 Å². The molecule has 9 N–H and O–H groups in total. The fourth-order valence-electron chi connectivity index (χ4n) is 3.31. The van der Waals surface area contributed by atoms with Crippen LogP contribution in [0.3, 0.4) is 0 Å². The molecular formula is C20H23N7O3S. The summed E-state index contributed by atoms with van der Waals surface area (Å²) in [6.45, 7) is -0.0248. The van der Waals surface area contributed by atoms with E-state index in [1.54, 1.807) is 36.4 Å². The van der Waals surface area contributed by atoms with Crippen LogP contribution in [0, 0.1) is 10.8 Å². The van der Waals surface area contributed by atoms with E-state index in [9.17, 15) is 14.4 Å². The smallest absolute Gasteiger partial charge is 0.250 e. The molecule has 1 aromatic heterocycles. The monoisotopic (exact) mass is 441 g/mol. The SMILES string of the molecule is N=C(N)c1cccc([C@]2(C(=O)NCC(=O)NCc3ccc(C(=N)N)s3)CCC(=O)N2)c1. The van der Waals surface area contributed by atoms with E-state index in [1.807, 2.05) is 0 Å². The molecule has 10 nitrogen and oxygen atoms in total. The zero-order valence-electron chi connectivity index (χ0n) is 16.6. The first-order chi connectivity index (χ1) is 14.7. The molecule has 2 heterocycles. The van der Waals surface area contributed by atoms with Gasteiger partial charge in [0.05, 0.1) is 18.0 Å². The number of hydrogen-bond acceptors (Lipinski definition) is 6. The quantitative estimate of drug-likeness (QED) is 0.221. The third-order valence-electron chi connectivity index (χ3n) is 4.93. The first-order valence-corrected chi connectivity index (χ1v) is 10.3. The van der Waals surface area contributed by atoms with Crippen molar-refractivity contribution in [1.29, 1.82) is 10.8 Å². The van der Waals surface area contributed by atoms with Gasteiger partial charge in [0.15, 0.2) is 0 Å². The van der Waals surface area contributed by atoms with Gasteiger partial charge in [0, 0.05) is 16.9 Å². The Morgan fingerprint density at radius 2 is 1.90 bits per heavy atom. The van der Waals surface area contributed by atoms with Crippen molar-refractivity contribution >= 4 is 40.7 Å². The molecule has 31 heavy (non-hydrogen) atoms. The zero-order chi connectivity index (χ0) is 22.6. The lowest BCUT2D eigenvalue weighted by Crippen LogP contribution is -2.53. The van der Waals surface area contributed by atoms with Crippen molar-refractivity contribution in [2.24, 2.45) is 11.5 Å². The molecular weight excluding hydrogens is 418 g/mol. The summed E-state index contributed by atoms with van der Waals surface area (Å²) in [6, 6.07) is 10.1. The summed E-state index contributed by atoms with van der Waals surface area (Å²) in [5.74, 6) is -1.37. The highest BCUT2D eigenvalue weighted by atomic mass is 32.1. The molecule has 0 unspecified atom stereocenters. The Bertz CT molecular complexity index is 1060. The number of carbonyl (C=O) groups excluding carboxylic acids is 3. The number of amidine groups is 2. The van der Waals surface area contributed by atoms with Gasteiger partial charge in [0.25, 0.3) is 5.91 Å². The van der Waals surface area contributed by atoms with Crippen LogP contribution in [0.5, 0.6) is 0 Å². The summed E-state index contributed by atoms with van der Waals surface area (Å²) in [5.41, 5.74) is 10.6. The van der Waals surface area contributed by atoms with Gasteiger partial charge in [-0.3, -0.25) is 25.2 Å². The first kappa shape index (κ1) is 22.0. The van der Waals surface area contributed by atoms with Crippen molar-refractivity contribution in [3.8, 4) is 0 Å². The highest BCUT2D eigenvalue weighted by molar-refractivity contribution is 7.14. The van der Waals surface area contributed by atoms with Gasteiger partial charge < -0.3 is 27.4 Å². The number of hydrogen-bond donors (Lipinski definition) is 7. The molecule has 1 atom stereocenters. The number of nitrogens with two attached hydrogens (primary N) is 2. The van der Waals surface area contributed by atoms with Crippen LogP contribution in [0.15, 0.2) is 36.4 Å². The molecule has 2 aromatic rings. The molecule has 11 heteroatoms. The summed E-state index contributed by atoms with van der Waals surface area (Å²) in [6.07, 6.45) is 0.393. The lowest BCUT2D eigenvalue weighted by Gasteiger charge is -2.28. The largest absolute Gasteiger partial charge is 0.384 e. The van der Waals surface area contributed by atoms with Crippen molar-refractivity contribution in [3.05, 3.63) is 57.3 Å². The van der Waals surface area contributed by atoms with Gasteiger partial charge in [-0.2, -0.15) is 0 Å². The Labute approximate surface area is 182 Å². The van der Waals surface area contributed by atoms with Crippen molar-refractivity contribution in [2.45, 2.75) is 24.9 Å². The predicted molar refractivity (Wildman–Crippen MR) is 117 cm³/mol. The molecule has 0 radical (unpaired) electrons. The minimum atomic E-state index is -1.33. The number of carbonyl (C=O) groups is 3. The molecule has 0 saturated carbocycles. The van der Waals surface area contributed by atoms with E-state index >= 15 is 0 Å². The van der Waals surface area contributed by atoms with E-state index in [1.165, 1.54) is 11.3 Å². The van der Waals surface area contributed by atoms with Crippen LogP contribution in [0.4, 0.5) is 0 Å². The number of nitrogen functional groups attached to an aromatic ring is 2. The second-order valence-electron chi connectivity index (χ2n) is 7.09. The maximum atomic E-state index is 13.0. The summed E-state index contributed by atoms with van der Waals surface area (Å²) in [5, 5.41) is 23.0. The molecule has 1 fully saturated rings. The summed E-state index contributed by atoms with van der Waals surface area (Å²) in [4.78, 5) is 38.6. The fourth-order valence-corrected chi connectivity index (χ4v) is 4.12. The van der Waals surface area contributed by atoms with E-state index in [4.69, 9.17) is 22.3 Å². The van der Waals surface area contributed by atoms with Gasteiger partial charge in [0.2, 0.25) is 11.8 Å². The van der Waals surface area contributed by atoms with Crippen molar-refractivity contribution in [3.63, 3.8) is 0 Å². The lowest BCUT2D eigenvalue weighted by molar-refractivity contribution is -0.132. The topological polar surface area (TPSA) is 187 Å². The number of rotatable bonds is 8. The molecule has 3 rings (SSSR count). The molecule has 0 bridgehead atoms. The number of amides is 3. The third kappa shape index (κ3) is 4.89.